The number of nitrogens with zero attached hydrogens (tertiary/aromatic N) is 2. The van der Waals surface area contributed by atoms with Gasteiger partial charge < -0.3 is 15.6 Å². The lowest BCUT2D eigenvalue weighted by Gasteiger charge is -2.25. The Morgan fingerprint density at radius 1 is 1.11 bits per heavy atom. The molecule has 1 fully saturated rings. The Hall–Kier alpha value is -3.46. The lowest BCUT2D eigenvalue weighted by atomic mass is 9.94. The molecule has 0 radical (unpaired) electrons. The number of hydrogen-bond acceptors (Lipinski definition) is 4. The van der Waals surface area contributed by atoms with Gasteiger partial charge in [-0.1, -0.05) is 42.5 Å². The summed E-state index contributed by atoms with van der Waals surface area (Å²) >= 11 is 0. The molecule has 9 heteroatoms. The number of aromatic nitrogens is 2. The number of H-pyrrole nitrogens is 1. The standard InChI is InChI=1S/C26H25F3N4O2/c27-26(28,29)18-9-4-6-16(14-18)21(30)23(35)33-13-5-10-20-19(15-33)22(34)32-24(31-20)25(11-12-25)17-7-2-1-3-8-17/h1-4,6-9,14,21H,5,10-13,15,30H2,(H,31,32,34). The highest BCUT2D eigenvalue weighted by atomic mass is 19.4. The molecule has 1 saturated carbocycles. The van der Waals surface area contributed by atoms with Gasteiger partial charge in [0.25, 0.3) is 5.56 Å². The predicted octanol–water partition coefficient (Wildman–Crippen LogP) is 3.84. The van der Waals surface area contributed by atoms with Gasteiger partial charge >= 0.3 is 6.18 Å². The lowest BCUT2D eigenvalue weighted by molar-refractivity contribution is -0.138. The van der Waals surface area contributed by atoms with E-state index in [1.54, 1.807) is 0 Å². The third-order valence-corrected chi connectivity index (χ3v) is 6.97. The fourth-order valence-corrected chi connectivity index (χ4v) is 4.83. The number of nitrogens with one attached hydrogen (secondary N) is 1. The van der Waals surface area contributed by atoms with Gasteiger partial charge in [0, 0.05) is 6.54 Å². The highest BCUT2D eigenvalue weighted by Crippen LogP contribution is 2.51. The van der Waals surface area contributed by atoms with Gasteiger partial charge in [-0.3, -0.25) is 9.59 Å². The average Bonchev–Trinajstić information content (AvgIpc) is 3.68. The molecule has 1 unspecified atom stereocenters. The molecule has 0 bridgehead atoms. The second-order valence-corrected chi connectivity index (χ2v) is 9.25. The summed E-state index contributed by atoms with van der Waals surface area (Å²) < 4.78 is 39.3. The van der Waals surface area contributed by atoms with Gasteiger partial charge in [0.15, 0.2) is 0 Å². The van der Waals surface area contributed by atoms with Crippen LogP contribution >= 0.6 is 0 Å². The largest absolute Gasteiger partial charge is 0.416 e. The smallest absolute Gasteiger partial charge is 0.336 e. The maximum atomic E-state index is 13.1. The van der Waals surface area contributed by atoms with Gasteiger partial charge in [0.1, 0.15) is 11.9 Å². The Bertz CT molecular complexity index is 1320. The van der Waals surface area contributed by atoms with Crippen LogP contribution in [-0.4, -0.2) is 27.3 Å². The first-order chi connectivity index (χ1) is 16.7. The third kappa shape index (κ3) is 4.36. The molecule has 182 valence electrons. The monoisotopic (exact) mass is 482 g/mol. The van der Waals surface area contributed by atoms with E-state index in [4.69, 9.17) is 10.7 Å². The highest BCUT2D eigenvalue weighted by molar-refractivity contribution is 5.83. The molecule has 3 N–H and O–H groups in total. The SMILES string of the molecule is NC(C(=O)N1CCCc2nc(C3(c4ccccc4)CC3)[nH]c(=O)c2C1)c1cccc(C(F)(F)F)c1. The number of rotatable bonds is 4. The van der Waals surface area contributed by atoms with E-state index >= 15 is 0 Å². The first-order valence-electron chi connectivity index (χ1n) is 11.6. The lowest BCUT2D eigenvalue weighted by Crippen LogP contribution is -2.39. The minimum Gasteiger partial charge on any atom is -0.336 e. The van der Waals surface area contributed by atoms with Crippen LogP contribution in [0.2, 0.25) is 0 Å². The number of amides is 1. The predicted molar refractivity (Wildman–Crippen MR) is 123 cm³/mol. The second kappa shape index (κ2) is 8.64. The molecule has 1 amide bonds. The number of aryl methyl sites for hydroxylation is 1. The number of alkyl halides is 3. The quantitative estimate of drug-likeness (QED) is 0.591. The van der Waals surface area contributed by atoms with Crippen molar-refractivity contribution in [3.63, 3.8) is 0 Å². The summed E-state index contributed by atoms with van der Waals surface area (Å²) in [5.41, 5.74) is 6.90. The van der Waals surface area contributed by atoms with Gasteiger partial charge in [0.2, 0.25) is 5.91 Å². The maximum Gasteiger partial charge on any atom is 0.416 e. The van der Waals surface area contributed by atoms with Crippen molar-refractivity contribution in [1.29, 1.82) is 0 Å². The number of carbonyl (C=O) groups is 1. The summed E-state index contributed by atoms with van der Waals surface area (Å²) in [6, 6.07) is 13.2. The Morgan fingerprint density at radius 2 is 1.86 bits per heavy atom. The van der Waals surface area contributed by atoms with Crippen LogP contribution in [0.25, 0.3) is 0 Å². The van der Waals surface area contributed by atoms with E-state index in [9.17, 15) is 22.8 Å². The van der Waals surface area contributed by atoms with Crippen LogP contribution in [0, 0.1) is 0 Å². The molecular weight excluding hydrogens is 457 g/mol. The second-order valence-electron chi connectivity index (χ2n) is 9.25. The summed E-state index contributed by atoms with van der Waals surface area (Å²) in [5, 5.41) is 0. The molecule has 2 aromatic carbocycles. The molecule has 0 spiro atoms. The van der Waals surface area contributed by atoms with E-state index in [2.05, 4.69) is 4.98 Å². The minimum atomic E-state index is -4.53. The van der Waals surface area contributed by atoms with Gasteiger partial charge in [-0.05, 0) is 48.9 Å². The highest BCUT2D eigenvalue weighted by Gasteiger charge is 2.48. The Morgan fingerprint density at radius 3 is 2.54 bits per heavy atom. The van der Waals surface area contributed by atoms with E-state index in [1.165, 1.54) is 17.0 Å². The van der Waals surface area contributed by atoms with Crippen molar-refractivity contribution in [3.8, 4) is 0 Å². The molecule has 3 aromatic rings. The summed E-state index contributed by atoms with van der Waals surface area (Å²) in [7, 11) is 0. The average molecular weight is 483 g/mol. The van der Waals surface area contributed by atoms with E-state index in [0.29, 0.717) is 36.5 Å². The molecule has 35 heavy (non-hydrogen) atoms. The van der Waals surface area contributed by atoms with Crippen LogP contribution in [0.3, 0.4) is 0 Å². The van der Waals surface area contributed by atoms with Gasteiger partial charge in [0.05, 0.1) is 28.8 Å². The van der Waals surface area contributed by atoms with Crippen molar-refractivity contribution in [1.82, 2.24) is 14.9 Å². The van der Waals surface area contributed by atoms with Crippen LogP contribution in [0.5, 0.6) is 0 Å². The normalized spacial score (nSPS) is 17.9. The number of aromatic amines is 1. The Balaban J connectivity index is 1.41. The topological polar surface area (TPSA) is 92.1 Å². The van der Waals surface area contributed by atoms with Gasteiger partial charge in [-0.2, -0.15) is 13.2 Å². The zero-order valence-corrected chi connectivity index (χ0v) is 18.9. The van der Waals surface area contributed by atoms with E-state index in [-0.39, 0.29) is 23.1 Å². The fraction of sp³-hybridized carbons (Fsp3) is 0.346. The molecule has 1 aliphatic carbocycles. The molecule has 2 heterocycles. The van der Waals surface area contributed by atoms with Crippen LogP contribution in [-0.2, 0) is 29.4 Å². The molecule has 0 saturated heterocycles. The Kier molecular flexibility index (Phi) is 5.75. The molecule has 1 aromatic heterocycles. The molecule has 6 nitrogen and oxygen atoms in total. The number of nitrogens with two attached hydrogens (primary N) is 1. The first-order valence-corrected chi connectivity index (χ1v) is 11.6. The number of halogens is 3. The maximum absolute atomic E-state index is 13.1. The van der Waals surface area contributed by atoms with Crippen LogP contribution in [0.1, 0.15) is 59.1 Å². The summed E-state index contributed by atoms with van der Waals surface area (Å²) in [6.07, 6.45) is -1.64. The minimum absolute atomic E-state index is 0.0157. The molecule has 1 atom stereocenters. The van der Waals surface area contributed by atoms with E-state index in [1.807, 2.05) is 30.3 Å². The van der Waals surface area contributed by atoms with Crippen molar-refractivity contribution in [2.45, 2.75) is 49.9 Å². The number of fused-ring (bicyclic) bond motifs is 1. The Labute approximate surface area is 200 Å². The van der Waals surface area contributed by atoms with Crippen LogP contribution in [0.4, 0.5) is 13.2 Å². The van der Waals surface area contributed by atoms with Crippen molar-refractivity contribution in [2.75, 3.05) is 6.54 Å². The molecular formula is C26H25F3N4O2. The zero-order valence-electron chi connectivity index (χ0n) is 18.9. The summed E-state index contributed by atoms with van der Waals surface area (Å²) in [5.74, 6) is 0.122. The van der Waals surface area contributed by atoms with E-state index < -0.39 is 23.7 Å². The molecule has 2 aliphatic rings. The molecule has 5 rings (SSSR count). The zero-order chi connectivity index (χ0) is 24.8. The summed E-state index contributed by atoms with van der Waals surface area (Å²) in [6.45, 7) is 0.349. The van der Waals surface area contributed by atoms with Crippen LogP contribution in [0.15, 0.2) is 59.4 Å². The number of hydrogen-bond donors (Lipinski definition) is 2. The van der Waals surface area contributed by atoms with Crippen molar-refractivity contribution < 1.29 is 18.0 Å². The third-order valence-electron chi connectivity index (χ3n) is 6.97. The number of carbonyl (C=O) groups excluding carboxylic acids is 1. The van der Waals surface area contributed by atoms with Crippen molar-refractivity contribution >= 4 is 5.91 Å². The first kappa shape index (κ1) is 23.3. The van der Waals surface area contributed by atoms with E-state index in [0.717, 1.165) is 30.5 Å². The van der Waals surface area contributed by atoms with Gasteiger partial charge in [-0.15, -0.1) is 0 Å². The van der Waals surface area contributed by atoms with Crippen molar-refractivity contribution in [3.05, 3.63) is 98.7 Å². The fourth-order valence-electron chi connectivity index (χ4n) is 4.83. The van der Waals surface area contributed by atoms with Crippen LogP contribution < -0.4 is 11.3 Å². The van der Waals surface area contributed by atoms with Crippen molar-refractivity contribution in [2.24, 2.45) is 5.73 Å². The molecule has 1 aliphatic heterocycles. The van der Waals surface area contributed by atoms with Gasteiger partial charge in [-0.25, -0.2) is 4.98 Å². The summed E-state index contributed by atoms with van der Waals surface area (Å²) in [4.78, 5) is 35.5. The number of benzene rings is 2.